The molecule has 2 aromatic carbocycles. The summed E-state index contributed by atoms with van der Waals surface area (Å²) in [7, 11) is 0. The van der Waals surface area contributed by atoms with Crippen molar-refractivity contribution in [2.75, 3.05) is 0 Å². The van der Waals surface area contributed by atoms with Gasteiger partial charge in [-0.15, -0.1) is 0 Å². The molecule has 1 fully saturated rings. The maximum atomic E-state index is 12.4. The summed E-state index contributed by atoms with van der Waals surface area (Å²) in [5.74, 6) is 1.73. The first-order chi connectivity index (χ1) is 15.5. The van der Waals surface area contributed by atoms with Crippen molar-refractivity contribution in [1.82, 2.24) is 4.57 Å². The molecule has 1 heterocycles. The summed E-state index contributed by atoms with van der Waals surface area (Å²) in [6.07, 6.45) is 8.36. The lowest BCUT2D eigenvalue weighted by atomic mass is 9.72. The Morgan fingerprint density at radius 3 is 2.03 bits per heavy atom. The Hall–Kier alpha value is -2.75. The van der Waals surface area contributed by atoms with Crippen LogP contribution in [0.25, 0.3) is 21.9 Å². The fraction of sp³-hybridized carbons (Fsp3) is 0.483. The Kier molecular flexibility index (Phi) is 6.30. The van der Waals surface area contributed by atoms with E-state index in [0.29, 0.717) is 11.5 Å². The number of benzene rings is 2. The summed E-state index contributed by atoms with van der Waals surface area (Å²) in [4.78, 5) is 12.4. The monoisotopic (exact) mass is 447 g/mol. The first-order valence-electron chi connectivity index (χ1n) is 12.1. The van der Waals surface area contributed by atoms with Gasteiger partial charge in [-0.2, -0.15) is 0 Å². The van der Waals surface area contributed by atoms with E-state index in [1.165, 1.54) is 17.4 Å². The quantitative estimate of drug-likeness (QED) is 0.407. The van der Waals surface area contributed by atoms with E-state index in [2.05, 4.69) is 57.2 Å². The van der Waals surface area contributed by atoms with Crippen LogP contribution in [0.2, 0.25) is 0 Å². The smallest absolute Gasteiger partial charge is 0.418 e. The molecule has 3 aromatic rings. The van der Waals surface area contributed by atoms with Crippen molar-refractivity contribution in [2.45, 2.75) is 78.9 Å². The van der Waals surface area contributed by atoms with E-state index in [0.717, 1.165) is 46.4 Å². The molecule has 0 bridgehead atoms. The third-order valence-corrected chi connectivity index (χ3v) is 6.64. The molecule has 4 nitrogen and oxygen atoms in total. The first kappa shape index (κ1) is 23.4. The van der Waals surface area contributed by atoms with E-state index in [1.54, 1.807) is 0 Å². The van der Waals surface area contributed by atoms with Gasteiger partial charge < -0.3 is 9.47 Å². The third kappa shape index (κ3) is 5.79. The number of hydrogen-bond donors (Lipinski definition) is 0. The highest BCUT2D eigenvalue weighted by atomic mass is 16.6. The molecule has 0 atom stereocenters. The zero-order chi connectivity index (χ0) is 23.8. The van der Waals surface area contributed by atoms with Crippen LogP contribution in [0.3, 0.4) is 0 Å². The van der Waals surface area contributed by atoms with Crippen molar-refractivity contribution in [2.24, 2.45) is 11.3 Å². The Bertz CT molecular complexity index is 1100. The molecule has 176 valence electrons. The predicted molar refractivity (Wildman–Crippen MR) is 135 cm³/mol. The number of aromatic nitrogens is 1. The van der Waals surface area contributed by atoms with Crippen LogP contribution in [0.15, 0.2) is 54.9 Å². The molecule has 1 aliphatic rings. The lowest BCUT2D eigenvalue weighted by Gasteiger charge is -2.36. The molecule has 1 saturated carbocycles. The summed E-state index contributed by atoms with van der Waals surface area (Å²) in [5, 5.41) is 2.02. The van der Waals surface area contributed by atoms with Crippen LogP contribution in [0.5, 0.6) is 5.75 Å². The molecule has 4 heteroatoms. The second-order valence-corrected chi connectivity index (χ2v) is 11.5. The molecule has 0 N–H and O–H groups in total. The zero-order valence-corrected chi connectivity index (χ0v) is 20.9. The summed E-state index contributed by atoms with van der Waals surface area (Å²) < 4.78 is 13.3. The van der Waals surface area contributed by atoms with Gasteiger partial charge in [-0.05, 0) is 87.1 Å². The highest BCUT2D eigenvalue weighted by Crippen LogP contribution is 2.39. The summed E-state index contributed by atoms with van der Waals surface area (Å²) in [6, 6.07) is 14.6. The Morgan fingerprint density at radius 1 is 0.818 bits per heavy atom. The molecule has 0 aliphatic heterocycles. The van der Waals surface area contributed by atoms with Crippen LogP contribution in [0.4, 0.5) is 4.79 Å². The number of fused-ring (bicyclic) bond motifs is 1. The molecule has 4 rings (SSSR count). The minimum atomic E-state index is -0.519. The maximum Gasteiger partial charge on any atom is 0.418 e. The standard InChI is InChI=1S/C29H37NO3/c1-28(2,3)24-11-15-26(16-12-24)32-25-13-9-20(10-14-25)21-7-8-22-18-30(19-23(22)17-21)27(31)33-29(4,5)6/h7-10,13-14,17-19,24,26H,11-12,15-16H2,1-6H3. The van der Waals surface area contributed by atoms with Crippen molar-refractivity contribution >= 4 is 16.9 Å². The van der Waals surface area contributed by atoms with Gasteiger partial charge >= 0.3 is 6.09 Å². The fourth-order valence-corrected chi connectivity index (χ4v) is 4.71. The van der Waals surface area contributed by atoms with Gasteiger partial charge in [0.15, 0.2) is 0 Å². The highest BCUT2D eigenvalue weighted by Gasteiger charge is 2.30. The SMILES string of the molecule is CC(C)(C)OC(=O)n1cc2ccc(-c3ccc(OC4CCC(C(C)(C)C)CC4)cc3)cc2c1. The molecule has 0 amide bonds. The molecule has 0 radical (unpaired) electrons. The average molecular weight is 448 g/mol. The van der Waals surface area contributed by atoms with Crippen LogP contribution in [0, 0.1) is 11.3 Å². The topological polar surface area (TPSA) is 40.5 Å². The van der Waals surface area contributed by atoms with Crippen molar-refractivity contribution < 1.29 is 14.3 Å². The molecule has 1 aromatic heterocycles. The minimum Gasteiger partial charge on any atom is -0.490 e. The number of rotatable bonds is 3. The van der Waals surface area contributed by atoms with Crippen LogP contribution in [0.1, 0.15) is 67.2 Å². The Morgan fingerprint density at radius 2 is 1.42 bits per heavy atom. The molecule has 0 saturated heterocycles. The predicted octanol–water partition coefficient (Wildman–Crippen LogP) is 8.08. The van der Waals surface area contributed by atoms with Gasteiger partial charge in [-0.25, -0.2) is 4.79 Å². The van der Waals surface area contributed by atoms with Gasteiger partial charge in [0.2, 0.25) is 0 Å². The molecule has 1 aliphatic carbocycles. The average Bonchev–Trinajstić information content (AvgIpc) is 3.17. The number of ether oxygens (including phenoxy) is 2. The normalized spacial score (nSPS) is 19.5. The third-order valence-electron chi connectivity index (χ3n) is 6.64. The van der Waals surface area contributed by atoms with Gasteiger partial charge in [0, 0.05) is 23.2 Å². The maximum absolute atomic E-state index is 12.4. The summed E-state index contributed by atoms with van der Waals surface area (Å²) in [5.41, 5.74) is 2.11. The fourth-order valence-electron chi connectivity index (χ4n) is 4.71. The van der Waals surface area contributed by atoms with E-state index in [4.69, 9.17) is 9.47 Å². The number of nitrogens with zero attached hydrogens (tertiary/aromatic N) is 1. The van der Waals surface area contributed by atoms with Gasteiger partial charge in [-0.3, -0.25) is 4.57 Å². The molecule has 0 unspecified atom stereocenters. The van der Waals surface area contributed by atoms with Gasteiger partial charge in [0.05, 0.1) is 6.10 Å². The van der Waals surface area contributed by atoms with E-state index < -0.39 is 5.60 Å². The zero-order valence-electron chi connectivity index (χ0n) is 20.9. The Balaban J connectivity index is 1.42. The van der Waals surface area contributed by atoms with Crippen molar-refractivity contribution in [3.05, 3.63) is 54.9 Å². The van der Waals surface area contributed by atoms with Crippen molar-refractivity contribution in [1.29, 1.82) is 0 Å². The van der Waals surface area contributed by atoms with E-state index in [-0.39, 0.29) is 6.09 Å². The number of hydrogen-bond acceptors (Lipinski definition) is 3. The van der Waals surface area contributed by atoms with Gasteiger partial charge in [0.25, 0.3) is 0 Å². The van der Waals surface area contributed by atoms with E-state index in [9.17, 15) is 4.79 Å². The summed E-state index contributed by atoms with van der Waals surface area (Å²) in [6.45, 7) is 12.7. The Labute approximate surface area is 197 Å². The number of carbonyl (C=O) groups excluding carboxylic acids is 1. The molecular formula is C29H37NO3. The number of carbonyl (C=O) groups is 1. The van der Waals surface area contributed by atoms with Crippen LogP contribution < -0.4 is 4.74 Å². The lowest BCUT2D eigenvalue weighted by molar-refractivity contribution is 0.0537. The van der Waals surface area contributed by atoms with Crippen molar-refractivity contribution in [3.63, 3.8) is 0 Å². The first-order valence-corrected chi connectivity index (χ1v) is 12.1. The lowest BCUT2D eigenvalue weighted by Crippen LogP contribution is -2.30. The van der Waals surface area contributed by atoms with Crippen LogP contribution in [-0.2, 0) is 4.74 Å². The summed E-state index contributed by atoms with van der Waals surface area (Å²) >= 11 is 0. The molecule has 33 heavy (non-hydrogen) atoms. The van der Waals surface area contributed by atoms with Crippen LogP contribution >= 0.6 is 0 Å². The van der Waals surface area contributed by atoms with Crippen molar-refractivity contribution in [3.8, 4) is 16.9 Å². The van der Waals surface area contributed by atoms with Gasteiger partial charge in [0.1, 0.15) is 11.4 Å². The van der Waals surface area contributed by atoms with E-state index in [1.807, 2.05) is 39.2 Å². The highest BCUT2D eigenvalue weighted by molar-refractivity contribution is 5.90. The second-order valence-electron chi connectivity index (χ2n) is 11.5. The molecular weight excluding hydrogens is 410 g/mol. The minimum absolute atomic E-state index is 0.318. The van der Waals surface area contributed by atoms with Gasteiger partial charge in [-0.1, -0.05) is 45.0 Å². The van der Waals surface area contributed by atoms with Crippen LogP contribution in [-0.4, -0.2) is 22.4 Å². The van der Waals surface area contributed by atoms with E-state index >= 15 is 0 Å². The molecule has 0 spiro atoms. The second kappa shape index (κ2) is 8.89. The largest absolute Gasteiger partial charge is 0.490 e.